The molecule has 6 nitrogen and oxygen atoms in total. The Morgan fingerprint density at radius 3 is 2.78 bits per heavy atom. The van der Waals surface area contributed by atoms with E-state index in [9.17, 15) is 19.8 Å². The minimum atomic E-state index is -0.432. The van der Waals surface area contributed by atoms with Crippen LogP contribution in [0.25, 0.3) is 0 Å². The van der Waals surface area contributed by atoms with Crippen molar-refractivity contribution in [1.29, 1.82) is 0 Å². The summed E-state index contributed by atoms with van der Waals surface area (Å²) in [4.78, 5) is 24.9. The zero-order chi connectivity index (χ0) is 22.9. The molecule has 0 aliphatic carbocycles. The van der Waals surface area contributed by atoms with Crippen molar-refractivity contribution >= 4 is 11.7 Å². The maximum absolute atomic E-state index is 13.1. The van der Waals surface area contributed by atoms with Crippen LogP contribution < -0.4 is 5.32 Å². The van der Waals surface area contributed by atoms with Gasteiger partial charge in [-0.2, -0.15) is 0 Å². The molecule has 0 radical (unpaired) electrons. The molecule has 4 unspecified atom stereocenters. The molecule has 2 heterocycles. The van der Waals surface area contributed by atoms with Crippen molar-refractivity contribution in [3.05, 3.63) is 65.9 Å². The van der Waals surface area contributed by atoms with E-state index in [1.165, 1.54) is 12.1 Å². The van der Waals surface area contributed by atoms with Crippen LogP contribution in [0.3, 0.4) is 0 Å². The van der Waals surface area contributed by atoms with E-state index in [-0.39, 0.29) is 42.0 Å². The standard InChI is InChI=1S/C26H33NO5/c1-2-3-4-5-11-25(31)27-12-7-8-18-13-21-16-20(28)17-22(32-21)15-19-9-6-10-23(29)26(19)24(30)14-18/h3-7,9-12,18,20-22,28-29H,2,8,13-17H2,1H3,(H,27,31). The maximum atomic E-state index is 13.1. The lowest BCUT2D eigenvalue weighted by atomic mass is 9.83. The molecule has 2 aliphatic rings. The predicted octanol–water partition coefficient (Wildman–Crippen LogP) is 3.98. The molecule has 0 saturated carbocycles. The van der Waals surface area contributed by atoms with Crippen molar-refractivity contribution in [2.75, 3.05) is 0 Å². The molecule has 1 saturated heterocycles. The zero-order valence-electron chi connectivity index (χ0n) is 18.6. The van der Waals surface area contributed by atoms with Crippen LogP contribution >= 0.6 is 0 Å². The van der Waals surface area contributed by atoms with E-state index in [0.717, 1.165) is 12.0 Å². The van der Waals surface area contributed by atoms with Gasteiger partial charge in [-0.15, -0.1) is 0 Å². The number of Topliss-reactive ketones (excluding diaryl/α,β-unsaturated/α-hetero) is 1. The third kappa shape index (κ3) is 6.90. The molecule has 1 aromatic carbocycles. The molecule has 172 valence electrons. The SMILES string of the molecule is CCC=CC=CC(=O)NC=CCC1CC(=O)c2c(O)cccc2CC2CC(O)CC(C1)O2. The van der Waals surface area contributed by atoms with E-state index in [1.54, 1.807) is 18.3 Å². The molecule has 4 atom stereocenters. The van der Waals surface area contributed by atoms with Crippen LogP contribution in [0.1, 0.15) is 61.4 Å². The average molecular weight is 440 g/mol. The van der Waals surface area contributed by atoms with Gasteiger partial charge in [0.15, 0.2) is 5.78 Å². The monoisotopic (exact) mass is 439 g/mol. The fraction of sp³-hybridized carbons (Fsp3) is 0.462. The lowest BCUT2D eigenvalue weighted by molar-refractivity contribution is -0.115. The van der Waals surface area contributed by atoms with Crippen molar-refractivity contribution < 1.29 is 24.5 Å². The number of amides is 1. The Kier molecular flexibility index (Phi) is 8.82. The highest BCUT2D eigenvalue weighted by molar-refractivity contribution is 6.00. The number of rotatable bonds is 6. The molecule has 2 bridgehead atoms. The molecule has 1 aromatic rings. The first-order valence-corrected chi connectivity index (χ1v) is 11.4. The van der Waals surface area contributed by atoms with Gasteiger partial charge in [-0.3, -0.25) is 9.59 Å². The Balaban J connectivity index is 1.70. The summed E-state index contributed by atoms with van der Waals surface area (Å²) in [6.07, 6.45) is 13.6. The van der Waals surface area contributed by atoms with Gasteiger partial charge in [-0.25, -0.2) is 0 Å². The number of phenolic OH excluding ortho intramolecular Hbond substituents is 1. The summed E-state index contributed by atoms with van der Waals surface area (Å²) in [5.74, 6) is -0.331. The van der Waals surface area contributed by atoms with Crippen molar-refractivity contribution in [2.24, 2.45) is 5.92 Å². The van der Waals surface area contributed by atoms with Crippen LogP contribution in [0.2, 0.25) is 0 Å². The summed E-state index contributed by atoms with van der Waals surface area (Å²) >= 11 is 0. The fourth-order valence-corrected chi connectivity index (χ4v) is 4.50. The van der Waals surface area contributed by atoms with Crippen LogP contribution in [0.5, 0.6) is 5.75 Å². The average Bonchev–Trinajstić information content (AvgIpc) is 2.73. The number of hydrogen-bond acceptors (Lipinski definition) is 5. The first kappa shape index (κ1) is 24.0. The van der Waals surface area contributed by atoms with Crippen molar-refractivity contribution in [2.45, 2.75) is 70.2 Å². The largest absolute Gasteiger partial charge is 0.507 e. The normalized spacial score (nSPS) is 26.5. The number of carbonyl (C=O) groups excluding carboxylic acids is 2. The molecule has 3 rings (SSSR count). The van der Waals surface area contributed by atoms with Gasteiger partial charge in [0.1, 0.15) is 5.75 Å². The fourth-order valence-electron chi connectivity index (χ4n) is 4.50. The highest BCUT2D eigenvalue weighted by atomic mass is 16.5. The van der Waals surface area contributed by atoms with Gasteiger partial charge in [0.05, 0.1) is 23.9 Å². The molecular formula is C26H33NO5. The number of aliphatic hydroxyl groups excluding tert-OH is 1. The van der Waals surface area contributed by atoms with E-state index >= 15 is 0 Å². The second-order valence-electron chi connectivity index (χ2n) is 8.59. The minimum Gasteiger partial charge on any atom is -0.507 e. The number of allylic oxidation sites excluding steroid dienone is 4. The topological polar surface area (TPSA) is 95.9 Å². The van der Waals surface area contributed by atoms with E-state index in [4.69, 9.17) is 4.74 Å². The molecular weight excluding hydrogens is 406 g/mol. The number of benzene rings is 1. The first-order chi connectivity index (χ1) is 15.5. The smallest absolute Gasteiger partial charge is 0.247 e. The maximum Gasteiger partial charge on any atom is 0.247 e. The highest BCUT2D eigenvalue weighted by Gasteiger charge is 2.33. The van der Waals surface area contributed by atoms with Gasteiger partial charge in [0.2, 0.25) is 5.91 Å². The van der Waals surface area contributed by atoms with E-state index in [0.29, 0.717) is 37.7 Å². The second-order valence-corrected chi connectivity index (χ2v) is 8.59. The van der Waals surface area contributed by atoms with Gasteiger partial charge in [0, 0.05) is 18.7 Å². The second kappa shape index (κ2) is 11.8. The third-order valence-electron chi connectivity index (χ3n) is 5.92. The summed E-state index contributed by atoms with van der Waals surface area (Å²) in [5.41, 5.74) is 1.13. The summed E-state index contributed by atoms with van der Waals surface area (Å²) < 4.78 is 6.24. The highest BCUT2D eigenvalue weighted by Crippen LogP contribution is 2.34. The summed E-state index contributed by atoms with van der Waals surface area (Å²) in [6.45, 7) is 2.02. The number of hydrogen-bond donors (Lipinski definition) is 3. The number of phenols is 1. The van der Waals surface area contributed by atoms with Crippen molar-refractivity contribution in [1.82, 2.24) is 5.32 Å². The lowest BCUT2D eigenvalue weighted by Gasteiger charge is -2.36. The van der Waals surface area contributed by atoms with Gasteiger partial charge >= 0.3 is 0 Å². The van der Waals surface area contributed by atoms with Crippen molar-refractivity contribution in [3.63, 3.8) is 0 Å². The zero-order valence-corrected chi connectivity index (χ0v) is 18.6. The molecule has 6 heteroatoms. The molecule has 2 aliphatic heterocycles. The Morgan fingerprint density at radius 2 is 1.97 bits per heavy atom. The van der Waals surface area contributed by atoms with Crippen LogP contribution in [0.4, 0.5) is 0 Å². The lowest BCUT2D eigenvalue weighted by Crippen LogP contribution is -2.38. The molecule has 1 amide bonds. The number of carbonyl (C=O) groups is 2. The Bertz CT molecular complexity index is 888. The van der Waals surface area contributed by atoms with Crippen LogP contribution in [-0.4, -0.2) is 40.2 Å². The molecule has 1 fully saturated rings. The third-order valence-corrected chi connectivity index (χ3v) is 5.92. The number of fused-ring (bicyclic) bond motifs is 3. The van der Waals surface area contributed by atoms with E-state index in [1.807, 2.05) is 31.2 Å². The van der Waals surface area contributed by atoms with Gasteiger partial charge < -0.3 is 20.3 Å². The van der Waals surface area contributed by atoms with Crippen LogP contribution in [0, 0.1) is 5.92 Å². The Labute approximate surface area is 189 Å². The van der Waals surface area contributed by atoms with Gasteiger partial charge in [-0.1, -0.05) is 43.4 Å². The number of nitrogens with one attached hydrogen (secondary N) is 1. The summed E-state index contributed by atoms with van der Waals surface area (Å²) in [7, 11) is 0. The molecule has 32 heavy (non-hydrogen) atoms. The van der Waals surface area contributed by atoms with Gasteiger partial charge in [-0.05, 0) is 56.1 Å². The van der Waals surface area contributed by atoms with Gasteiger partial charge in [0.25, 0.3) is 0 Å². The molecule has 0 aromatic heterocycles. The molecule has 0 spiro atoms. The first-order valence-electron chi connectivity index (χ1n) is 11.4. The number of ketones is 1. The predicted molar refractivity (Wildman–Crippen MR) is 123 cm³/mol. The van der Waals surface area contributed by atoms with Crippen LogP contribution in [-0.2, 0) is 16.0 Å². The summed E-state index contributed by atoms with van der Waals surface area (Å²) in [5, 5.41) is 23.4. The molecule has 3 N–H and O–H groups in total. The quantitative estimate of drug-likeness (QED) is 0.460. The number of ether oxygens (including phenoxy) is 1. The summed E-state index contributed by atoms with van der Waals surface area (Å²) in [6, 6.07) is 5.12. The Hall–Kier alpha value is -2.70. The van der Waals surface area contributed by atoms with E-state index < -0.39 is 6.10 Å². The number of aliphatic hydroxyl groups is 1. The van der Waals surface area contributed by atoms with E-state index in [2.05, 4.69) is 5.32 Å². The van der Waals surface area contributed by atoms with Crippen LogP contribution in [0.15, 0.2) is 54.8 Å². The minimum absolute atomic E-state index is 0.00792. The van der Waals surface area contributed by atoms with Crippen molar-refractivity contribution in [3.8, 4) is 5.75 Å². The Morgan fingerprint density at radius 1 is 1.16 bits per heavy atom. The number of aromatic hydroxyl groups is 1.